The zero-order valence-corrected chi connectivity index (χ0v) is 9.30. The van der Waals surface area contributed by atoms with Crippen LogP contribution < -0.4 is 0 Å². The molecule has 80 valence electrons. The average Bonchev–Trinajstić information content (AvgIpc) is 2.16. The third kappa shape index (κ3) is 2.34. The standard InChI is InChI=1S/C11H19NO2/c1-4-11(2,3)10(14)12-7-5-6-9(13)8-12/h4-8H2,1-3H3. The van der Waals surface area contributed by atoms with Crippen LogP contribution >= 0.6 is 0 Å². The highest BCUT2D eigenvalue weighted by atomic mass is 16.2. The summed E-state index contributed by atoms with van der Waals surface area (Å²) in [4.78, 5) is 24.9. The molecule has 0 unspecified atom stereocenters. The lowest BCUT2D eigenvalue weighted by molar-refractivity contribution is -0.145. The number of hydrogen-bond donors (Lipinski definition) is 0. The van der Waals surface area contributed by atoms with Crippen molar-refractivity contribution < 1.29 is 9.59 Å². The second kappa shape index (κ2) is 4.11. The maximum Gasteiger partial charge on any atom is 0.228 e. The van der Waals surface area contributed by atoms with Gasteiger partial charge in [0, 0.05) is 18.4 Å². The van der Waals surface area contributed by atoms with Crippen molar-refractivity contribution in [3.63, 3.8) is 0 Å². The van der Waals surface area contributed by atoms with Gasteiger partial charge in [-0.15, -0.1) is 0 Å². The molecular weight excluding hydrogens is 178 g/mol. The third-order valence-electron chi connectivity index (χ3n) is 3.00. The number of carbonyl (C=O) groups is 2. The molecular formula is C11H19NO2. The van der Waals surface area contributed by atoms with Crippen LogP contribution in [0.4, 0.5) is 0 Å². The number of Topliss-reactive ketones (excluding diaryl/α,β-unsaturated/α-hetero) is 1. The Balaban J connectivity index is 2.64. The van der Waals surface area contributed by atoms with Crippen LogP contribution in [0.2, 0.25) is 0 Å². The first-order valence-electron chi connectivity index (χ1n) is 5.28. The summed E-state index contributed by atoms with van der Waals surface area (Å²) in [6.45, 7) is 6.95. The predicted molar refractivity (Wildman–Crippen MR) is 54.9 cm³/mol. The van der Waals surface area contributed by atoms with Crippen molar-refractivity contribution >= 4 is 11.7 Å². The molecule has 0 atom stereocenters. The number of rotatable bonds is 2. The maximum absolute atomic E-state index is 12.0. The minimum atomic E-state index is -0.322. The summed E-state index contributed by atoms with van der Waals surface area (Å²) in [5.41, 5.74) is -0.322. The molecule has 0 radical (unpaired) electrons. The Hall–Kier alpha value is -0.860. The molecule has 3 heteroatoms. The molecule has 0 saturated carbocycles. The number of carbonyl (C=O) groups excluding carboxylic acids is 2. The number of hydrogen-bond acceptors (Lipinski definition) is 2. The Kier molecular flexibility index (Phi) is 3.29. The van der Waals surface area contributed by atoms with Crippen LogP contribution in [-0.2, 0) is 9.59 Å². The van der Waals surface area contributed by atoms with Gasteiger partial charge < -0.3 is 4.90 Å². The van der Waals surface area contributed by atoms with Gasteiger partial charge in [0.05, 0.1) is 6.54 Å². The largest absolute Gasteiger partial charge is 0.335 e. The Morgan fingerprint density at radius 2 is 2.14 bits per heavy atom. The van der Waals surface area contributed by atoms with Gasteiger partial charge >= 0.3 is 0 Å². The minimum absolute atomic E-state index is 0.119. The highest BCUT2D eigenvalue weighted by Gasteiger charge is 2.32. The van der Waals surface area contributed by atoms with E-state index < -0.39 is 0 Å². The molecule has 1 aliphatic rings. The summed E-state index contributed by atoms with van der Waals surface area (Å²) >= 11 is 0. The summed E-state index contributed by atoms with van der Waals surface area (Å²) in [5.74, 6) is 0.310. The SMILES string of the molecule is CCC(C)(C)C(=O)N1CCCC(=O)C1. The number of piperidine rings is 1. The zero-order valence-electron chi connectivity index (χ0n) is 9.30. The normalized spacial score (nSPS) is 18.5. The Morgan fingerprint density at radius 3 is 2.64 bits per heavy atom. The molecule has 1 amide bonds. The number of amides is 1. The zero-order chi connectivity index (χ0) is 10.8. The van der Waals surface area contributed by atoms with E-state index in [1.54, 1.807) is 4.90 Å². The second-order valence-electron chi connectivity index (χ2n) is 4.61. The van der Waals surface area contributed by atoms with Gasteiger partial charge in [-0.05, 0) is 12.8 Å². The molecule has 0 bridgehead atoms. The molecule has 0 aromatic carbocycles. The Morgan fingerprint density at radius 1 is 1.50 bits per heavy atom. The van der Waals surface area contributed by atoms with E-state index >= 15 is 0 Å². The molecule has 14 heavy (non-hydrogen) atoms. The van der Waals surface area contributed by atoms with Crippen molar-refractivity contribution in [2.45, 2.75) is 40.0 Å². The molecule has 0 aliphatic carbocycles. The first-order valence-corrected chi connectivity index (χ1v) is 5.28. The van der Waals surface area contributed by atoms with E-state index in [9.17, 15) is 9.59 Å². The van der Waals surface area contributed by atoms with Crippen molar-refractivity contribution in [2.75, 3.05) is 13.1 Å². The summed E-state index contributed by atoms with van der Waals surface area (Å²) in [5, 5.41) is 0. The van der Waals surface area contributed by atoms with Gasteiger partial charge in [0.15, 0.2) is 5.78 Å². The Bertz CT molecular complexity index is 246. The van der Waals surface area contributed by atoms with Crippen LogP contribution in [0.5, 0.6) is 0 Å². The fourth-order valence-electron chi connectivity index (χ4n) is 1.59. The van der Waals surface area contributed by atoms with Crippen molar-refractivity contribution in [1.82, 2.24) is 4.90 Å². The molecule has 1 heterocycles. The lowest BCUT2D eigenvalue weighted by atomic mass is 9.88. The highest BCUT2D eigenvalue weighted by Crippen LogP contribution is 2.24. The summed E-state index contributed by atoms with van der Waals surface area (Å²) in [7, 11) is 0. The van der Waals surface area contributed by atoms with Crippen molar-refractivity contribution in [3.05, 3.63) is 0 Å². The molecule has 3 nitrogen and oxygen atoms in total. The van der Waals surface area contributed by atoms with E-state index in [4.69, 9.17) is 0 Å². The second-order valence-corrected chi connectivity index (χ2v) is 4.61. The summed E-state index contributed by atoms with van der Waals surface area (Å²) in [6, 6.07) is 0. The number of likely N-dealkylation sites (tertiary alicyclic amines) is 1. The number of nitrogens with zero attached hydrogens (tertiary/aromatic N) is 1. The van der Waals surface area contributed by atoms with Gasteiger partial charge in [-0.25, -0.2) is 0 Å². The van der Waals surface area contributed by atoms with Gasteiger partial charge in [0.1, 0.15) is 0 Å². The van der Waals surface area contributed by atoms with Crippen molar-refractivity contribution in [3.8, 4) is 0 Å². The van der Waals surface area contributed by atoms with Gasteiger partial charge in [-0.2, -0.15) is 0 Å². The van der Waals surface area contributed by atoms with Crippen LogP contribution in [0, 0.1) is 5.41 Å². The monoisotopic (exact) mass is 197 g/mol. The topological polar surface area (TPSA) is 37.4 Å². The maximum atomic E-state index is 12.0. The average molecular weight is 197 g/mol. The molecule has 0 aromatic rings. The van der Waals surface area contributed by atoms with Crippen LogP contribution in [0.3, 0.4) is 0 Å². The fourth-order valence-corrected chi connectivity index (χ4v) is 1.59. The van der Waals surface area contributed by atoms with E-state index in [2.05, 4.69) is 0 Å². The summed E-state index contributed by atoms with van der Waals surface area (Å²) < 4.78 is 0. The predicted octanol–water partition coefficient (Wildman–Crippen LogP) is 1.61. The van der Waals surface area contributed by atoms with Crippen LogP contribution in [0.1, 0.15) is 40.0 Å². The smallest absolute Gasteiger partial charge is 0.228 e. The summed E-state index contributed by atoms with van der Waals surface area (Å²) in [6.07, 6.45) is 2.28. The fraction of sp³-hybridized carbons (Fsp3) is 0.818. The highest BCUT2D eigenvalue weighted by molar-refractivity contribution is 5.89. The van der Waals surface area contributed by atoms with E-state index in [0.29, 0.717) is 13.0 Å². The molecule has 1 aliphatic heterocycles. The first kappa shape index (κ1) is 11.2. The van der Waals surface area contributed by atoms with E-state index in [0.717, 1.165) is 19.4 Å². The van der Waals surface area contributed by atoms with Gasteiger partial charge in [0.25, 0.3) is 0 Å². The van der Waals surface area contributed by atoms with Crippen molar-refractivity contribution in [1.29, 1.82) is 0 Å². The van der Waals surface area contributed by atoms with E-state index in [1.807, 2.05) is 20.8 Å². The molecule has 1 fully saturated rings. The first-order chi connectivity index (χ1) is 6.47. The lowest BCUT2D eigenvalue weighted by Gasteiger charge is -2.33. The Labute approximate surface area is 85.5 Å². The molecule has 1 saturated heterocycles. The minimum Gasteiger partial charge on any atom is -0.335 e. The van der Waals surface area contributed by atoms with Gasteiger partial charge in [-0.1, -0.05) is 20.8 Å². The molecule has 1 rings (SSSR count). The quantitative estimate of drug-likeness (QED) is 0.674. The van der Waals surface area contributed by atoms with Crippen molar-refractivity contribution in [2.24, 2.45) is 5.41 Å². The van der Waals surface area contributed by atoms with Gasteiger partial charge in [0.2, 0.25) is 5.91 Å². The van der Waals surface area contributed by atoms with E-state index in [-0.39, 0.29) is 17.1 Å². The molecule has 0 spiro atoms. The van der Waals surface area contributed by atoms with Crippen LogP contribution in [-0.4, -0.2) is 29.7 Å². The van der Waals surface area contributed by atoms with E-state index in [1.165, 1.54) is 0 Å². The van der Waals surface area contributed by atoms with Crippen LogP contribution in [0.15, 0.2) is 0 Å². The van der Waals surface area contributed by atoms with Crippen LogP contribution in [0.25, 0.3) is 0 Å². The lowest BCUT2D eigenvalue weighted by Crippen LogP contribution is -2.46. The van der Waals surface area contributed by atoms with Gasteiger partial charge in [-0.3, -0.25) is 9.59 Å². The molecule has 0 aromatic heterocycles. The third-order valence-corrected chi connectivity index (χ3v) is 3.00. The number of ketones is 1. The molecule has 0 N–H and O–H groups in total.